The van der Waals surface area contributed by atoms with E-state index in [0.717, 1.165) is 6.42 Å². The van der Waals surface area contributed by atoms with E-state index in [-0.39, 0.29) is 0 Å². The van der Waals surface area contributed by atoms with Gasteiger partial charge in [0.05, 0.1) is 0 Å². The zero-order valence-corrected chi connectivity index (χ0v) is 7.05. The summed E-state index contributed by atoms with van der Waals surface area (Å²) >= 11 is 0. The van der Waals surface area contributed by atoms with Gasteiger partial charge in [0.1, 0.15) is 5.78 Å². The van der Waals surface area contributed by atoms with Crippen LogP contribution in [0, 0.1) is 22.7 Å². The first-order chi connectivity index (χ1) is 5.80. The van der Waals surface area contributed by atoms with E-state index in [0.29, 0.717) is 28.4 Å². The second-order valence-corrected chi connectivity index (χ2v) is 5.06. The van der Waals surface area contributed by atoms with Crippen molar-refractivity contribution in [2.24, 2.45) is 22.7 Å². The van der Waals surface area contributed by atoms with Crippen molar-refractivity contribution < 1.29 is 4.79 Å². The van der Waals surface area contributed by atoms with E-state index in [2.05, 4.69) is 12.2 Å². The van der Waals surface area contributed by atoms with Crippen molar-refractivity contribution in [3.8, 4) is 0 Å². The quantitative estimate of drug-likeness (QED) is 0.495. The average Bonchev–Trinajstić information content (AvgIpc) is 2.23. The Hall–Kier alpha value is -0.590. The number of Topliss-reactive ketones (excluding diaryl/α,β-unsaturated/α-hetero) is 1. The maximum atomic E-state index is 11.6. The molecule has 0 bridgehead atoms. The summed E-state index contributed by atoms with van der Waals surface area (Å²) in [5.41, 5.74) is 0.865. The number of rotatable bonds is 0. The average molecular weight is 160 g/mol. The second kappa shape index (κ2) is 1.32. The first-order valence-corrected chi connectivity index (χ1v) is 5.02. The molecule has 0 aromatic heterocycles. The van der Waals surface area contributed by atoms with Gasteiger partial charge in [-0.15, -0.1) is 0 Å². The largest absolute Gasteiger partial charge is 0.299 e. The predicted molar refractivity (Wildman–Crippen MR) is 44.5 cm³/mol. The summed E-state index contributed by atoms with van der Waals surface area (Å²) in [6.07, 6.45) is 9.60. The molecular weight excluding hydrogens is 148 g/mol. The molecule has 1 heteroatoms. The Morgan fingerprint density at radius 1 is 1.42 bits per heavy atom. The SMILES string of the molecule is O=C1CC23C=CC4C1C42CCC3. The van der Waals surface area contributed by atoms with Crippen molar-refractivity contribution in [3.63, 3.8) is 0 Å². The van der Waals surface area contributed by atoms with E-state index < -0.39 is 0 Å². The Balaban J connectivity index is 2.01. The zero-order valence-electron chi connectivity index (χ0n) is 7.05. The Kier molecular flexibility index (Phi) is 0.656. The van der Waals surface area contributed by atoms with Crippen LogP contribution in [0.3, 0.4) is 0 Å². The molecule has 0 radical (unpaired) electrons. The lowest BCUT2D eigenvalue weighted by atomic mass is 9.78. The first kappa shape index (κ1) is 5.95. The molecule has 0 heterocycles. The molecule has 62 valence electrons. The highest BCUT2D eigenvalue weighted by atomic mass is 16.1. The molecule has 0 aliphatic heterocycles. The maximum Gasteiger partial charge on any atom is 0.138 e. The second-order valence-electron chi connectivity index (χ2n) is 5.06. The first-order valence-electron chi connectivity index (χ1n) is 5.02. The van der Waals surface area contributed by atoms with Crippen molar-refractivity contribution in [1.29, 1.82) is 0 Å². The van der Waals surface area contributed by atoms with Gasteiger partial charge in [-0.25, -0.2) is 0 Å². The van der Waals surface area contributed by atoms with Gasteiger partial charge in [0, 0.05) is 17.8 Å². The van der Waals surface area contributed by atoms with Gasteiger partial charge in [-0.2, -0.15) is 0 Å². The third-order valence-electron chi connectivity index (χ3n) is 5.00. The number of ketones is 1. The van der Waals surface area contributed by atoms with Crippen LogP contribution in [0.15, 0.2) is 12.2 Å². The molecular formula is C11H12O. The van der Waals surface area contributed by atoms with Gasteiger partial charge in [-0.3, -0.25) is 4.79 Å². The van der Waals surface area contributed by atoms with Crippen molar-refractivity contribution in [2.75, 3.05) is 0 Å². The van der Waals surface area contributed by atoms with Crippen LogP contribution in [-0.2, 0) is 4.79 Å². The highest BCUT2D eigenvalue weighted by Gasteiger charge is 2.82. The van der Waals surface area contributed by atoms with E-state index in [4.69, 9.17) is 0 Å². The Morgan fingerprint density at radius 3 is 3.08 bits per heavy atom. The molecule has 0 aromatic carbocycles. The van der Waals surface area contributed by atoms with E-state index in [1.165, 1.54) is 19.3 Å². The highest BCUT2D eigenvalue weighted by molar-refractivity contribution is 5.92. The molecule has 3 saturated carbocycles. The van der Waals surface area contributed by atoms with Crippen molar-refractivity contribution in [1.82, 2.24) is 0 Å². The number of hydrogen-bond acceptors (Lipinski definition) is 1. The van der Waals surface area contributed by atoms with Crippen molar-refractivity contribution in [3.05, 3.63) is 12.2 Å². The molecule has 4 rings (SSSR count). The monoisotopic (exact) mass is 160 g/mol. The standard InChI is InChI=1S/C11H12O/c12-8-6-10-3-1-4-11(10)7(2-5-10)9(8)11/h2,5,7,9H,1,3-4,6H2. The zero-order chi connectivity index (χ0) is 7.97. The summed E-state index contributed by atoms with van der Waals surface area (Å²) in [5, 5.41) is 0. The molecule has 12 heavy (non-hydrogen) atoms. The lowest BCUT2D eigenvalue weighted by molar-refractivity contribution is -0.120. The normalized spacial score (nSPS) is 63.8. The number of allylic oxidation sites excluding steroid dienone is 2. The molecule has 4 aliphatic carbocycles. The molecule has 0 N–H and O–H groups in total. The molecule has 0 aromatic rings. The highest BCUT2D eigenvalue weighted by Crippen LogP contribution is 2.84. The minimum atomic E-state index is 0.374. The van der Waals surface area contributed by atoms with Crippen LogP contribution in [0.4, 0.5) is 0 Å². The predicted octanol–water partition coefficient (Wildman–Crippen LogP) is 1.93. The van der Waals surface area contributed by atoms with Crippen LogP contribution in [0.25, 0.3) is 0 Å². The van der Waals surface area contributed by atoms with Gasteiger partial charge < -0.3 is 0 Å². The number of carbonyl (C=O) groups is 1. The third kappa shape index (κ3) is 0.323. The summed E-state index contributed by atoms with van der Waals surface area (Å²) in [7, 11) is 0. The molecule has 3 fully saturated rings. The fraction of sp³-hybridized carbons (Fsp3) is 0.727. The van der Waals surface area contributed by atoms with Crippen LogP contribution in [0.5, 0.6) is 0 Å². The minimum absolute atomic E-state index is 0.374. The van der Waals surface area contributed by atoms with Gasteiger partial charge in [-0.05, 0) is 24.2 Å². The lowest BCUT2D eigenvalue weighted by Gasteiger charge is -2.25. The van der Waals surface area contributed by atoms with E-state index >= 15 is 0 Å². The molecule has 1 nitrogen and oxygen atoms in total. The number of fused-ring (bicyclic) bond motifs is 1. The van der Waals surface area contributed by atoms with Crippen LogP contribution in [0.1, 0.15) is 25.7 Å². The van der Waals surface area contributed by atoms with Crippen molar-refractivity contribution >= 4 is 5.78 Å². The van der Waals surface area contributed by atoms with Gasteiger partial charge in [0.15, 0.2) is 0 Å². The molecule has 0 saturated heterocycles. The lowest BCUT2D eigenvalue weighted by Crippen LogP contribution is -2.20. The summed E-state index contributed by atoms with van der Waals surface area (Å²) < 4.78 is 0. The Bertz CT molecular complexity index is 330. The van der Waals surface area contributed by atoms with Gasteiger partial charge in [-0.1, -0.05) is 18.6 Å². The van der Waals surface area contributed by atoms with Crippen LogP contribution >= 0.6 is 0 Å². The van der Waals surface area contributed by atoms with E-state index in [9.17, 15) is 4.79 Å². The fourth-order valence-corrected chi connectivity index (χ4v) is 4.64. The molecule has 1 spiro atoms. The third-order valence-corrected chi connectivity index (χ3v) is 5.00. The summed E-state index contributed by atoms with van der Waals surface area (Å²) in [6.45, 7) is 0. The maximum absolute atomic E-state index is 11.6. The van der Waals surface area contributed by atoms with Gasteiger partial charge >= 0.3 is 0 Å². The van der Waals surface area contributed by atoms with Crippen molar-refractivity contribution in [2.45, 2.75) is 25.7 Å². The number of hydrogen-bond donors (Lipinski definition) is 0. The molecule has 4 atom stereocenters. The topological polar surface area (TPSA) is 17.1 Å². The van der Waals surface area contributed by atoms with E-state index in [1.807, 2.05) is 0 Å². The van der Waals surface area contributed by atoms with E-state index in [1.54, 1.807) is 0 Å². The van der Waals surface area contributed by atoms with Crippen LogP contribution in [-0.4, -0.2) is 5.78 Å². The fourth-order valence-electron chi connectivity index (χ4n) is 4.64. The number of carbonyl (C=O) groups excluding carboxylic acids is 1. The van der Waals surface area contributed by atoms with Crippen LogP contribution < -0.4 is 0 Å². The minimum Gasteiger partial charge on any atom is -0.299 e. The molecule has 0 amide bonds. The van der Waals surface area contributed by atoms with Crippen LogP contribution in [0.2, 0.25) is 0 Å². The molecule has 4 unspecified atom stereocenters. The van der Waals surface area contributed by atoms with Gasteiger partial charge in [0.25, 0.3) is 0 Å². The summed E-state index contributed by atoms with van der Waals surface area (Å²) in [4.78, 5) is 11.6. The Morgan fingerprint density at radius 2 is 2.33 bits per heavy atom. The summed E-state index contributed by atoms with van der Waals surface area (Å²) in [5.74, 6) is 1.73. The van der Waals surface area contributed by atoms with Gasteiger partial charge in [0.2, 0.25) is 0 Å². The smallest absolute Gasteiger partial charge is 0.138 e. The Labute approximate surface area is 71.8 Å². The summed E-state index contributed by atoms with van der Waals surface area (Å²) in [6, 6.07) is 0. The molecule has 4 aliphatic rings.